The van der Waals surface area contributed by atoms with E-state index in [9.17, 15) is 4.39 Å². The highest BCUT2D eigenvalue weighted by Crippen LogP contribution is 2.16. The number of halogens is 1. The second kappa shape index (κ2) is 4.62. The highest BCUT2D eigenvalue weighted by atomic mass is 19.1. The summed E-state index contributed by atoms with van der Waals surface area (Å²) in [5.74, 6) is 0. The van der Waals surface area contributed by atoms with Crippen molar-refractivity contribution in [1.82, 2.24) is 4.90 Å². The van der Waals surface area contributed by atoms with Crippen LogP contribution in [0.3, 0.4) is 0 Å². The lowest BCUT2D eigenvalue weighted by atomic mass is 10.1. The van der Waals surface area contributed by atoms with Gasteiger partial charge >= 0.3 is 0 Å². The second-order valence-corrected chi connectivity index (χ2v) is 4.20. The van der Waals surface area contributed by atoms with E-state index in [1.165, 1.54) is 5.56 Å². The number of hydrogen-bond donors (Lipinski definition) is 1. The van der Waals surface area contributed by atoms with E-state index >= 15 is 0 Å². The third-order valence-corrected chi connectivity index (χ3v) is 2.87. The van der Waals surface area contributed by atoms with E-state index in [-0.39, 0.29) is 0 Å². The fourth-order valence-electron chi connectivity index (χ4n) is 2.01. The van der Waals surface area contributed by atoms with Crippen LogP contribution in [0.15, 0.2) is 24.3 Å². The van der Waals surface area contributed by atoms with Gasteiger partial charge in [-0.05, 0) is 30.5 Å². The van der Waals surface area contributed by atoms with E-state index in [1.807, 2.05) is 18.2 Å². The predicted molar refractivity (Wildman–Crippen MR) is 60.3 cm³/mol. The number of nitrogens with two attached hydrogens (primary N) is 1. The lowest BCUT2D eigenvalue weighted by Gasteiger charge is -2.28. The number of rotatable bonds is 2. The Morgan fingerprint density at radius 2 is 2.07 bits per heavy atom. The van der Waals surface area contributed by atoms with Crippen LogP contribution in [0.1, 0.15) is 18.4 Å². The molecule has 2 nitrogen and oxygen atoms in total. The van der Waals surface area contributed by atoms with E-state index in [0.717, 1.165) is 25.3 Å². The van der Waals surface area contributed by atoms with Crippen LogP contribution < -0.4 is 5.73 Å². The number of nitrogens with zero attached hydrogens (tertiary/aromatic N) is 1. The maximum atomic E-state index is 12.9. The van der Waals surface area contributed by atoms with Crippen molar-refractivity contribution in [3.63, 3.8) is 0 Å². The van der Waals surface area contributed by atoms with Crippen LogP contribution in [-0.2, 0) is 6.54 Å². The second-order valence-electron chi connectivity index (χ2n) is 4.20. The zero-order chi connectivity index (χ0) is 10.7. The van der Waals surface area contributed by atoms with Gasteiger partial charge in [0.15, 0.2) is 0 Å². The number of nitrogen functional groups attached to an aromatic ring is 1. The van der Waals surface area contributed by atoms with Gasteiger partial charge in [0.25, 0.3) is 0 Å². The molecule has 1 aliphatic heterocycles. The highest BCUT2D eigenvalue weighted by molar-refractivity contribution is 5.40. The van der Waals surface area contributed by atoms with Gasteiger partial charge in [0, 0.05) is 25.3 Å². The van der Waals surface area contributed by atoms with Gasteiger partial charge in [0.1, 0.15) is 6.17 Å². The molecule has 1 aromatic rings. The number of piperidine rings is 1. The normalized spacial score (nSPS) is 19.3. The first kappa shape index (κ1) is 10.4. The molecule has 0 aromatic heterocycles. The molecular formula is C12H17FN2. The molecule has 15 heavy (non-hydrogen) atoms. The molecule has 0 aliphatic carbocycles. The maximum Gasteiger partial charge on any atom is 0.103 e. The molecule has 0 radical (unpaired) electrons. The summed E-state index contributed by atoms with van der Waals surface area (Å²) in [6.45, 7) is 2.60. The largest absolute Gasteiger partial charge is 0.399 e. The fraction of sp³-hybridized carbons (Fsp3) is 0.500. The Kier molecular flexibility index (Phi) is 3.21. The molecule has 3 heteroatoms. The lowest BCUT2D eigenvalue weighted by Crippen LogP contribution is -2.33. The molecule has 1 aromatic carbocycles. The molecule has 0 atom stereocenters. The molecular weight excluding hydrogens is 191 g/mol. The van der Waals surface area contributed by atoms with Crippen molar-refractivity contribution >= 4 is 5.69 Å². The standard InChI is InChI=1S/C12H17FN2/c13-11-4-6-15(7-5-11)9-10-2-1-3-12(14)8-10/h1-3,8,11H,4-7,9,14H2. The molecule has 0 saturated carbocycles. The first-order valence-electron chi connectivity index (χ1n) is 5.45. The number of alkyl halides is 1. The van der Waals surface area contributed by atoms with Crippen LogP contribution in [0.4, 0.5) is 10.1 Å². The fourth-order valence-corrected chi connectivity index (χ4v) is 2.01. The first-order chi connectivity index (χ1) is 7.24. The summed E-state index contributed by atoms with van der Waals surface area (Å²) in [6, 6.07) is 7.91. The van der Waals surface area contributed by atoms with E-state index in [4.69, 9.17) is 5.73 Å². The minimum absolute atomic E-state index is 0.595. The zero-order valence-corrected chi connectivity index (χ0v) is 8.82. The van der Waals surface area contributed by atoms with Crippen LogP contribution >= 0.6 is 0 Å². The zero-order valence-electron chi connectivity index (χ0n) is 8.82. The lowest BCUT2D eigenvalue weighted by molar-refractivity contribution is 0.145. The van der Waals surface area contributed by atoms with Gasteiger partial charge in [0.2, 0.25) is 0 Å². The van der Waals surface area contributed by atoms with Crippen molar-refractivity contribution < 1.29 is 4.39 Å². The van der Waals surface area contributed by atoms with Crippen molar-refractivity contribution in [1.29, 1.82) is 0 Å². The van der Waals surface area contributed by atoms with Gasteiger partial charge in [-0.25, -0.2) is 4.39 Å². The summed E-state index contributed by atoms with van der Waals surface area (Å²) in [6.07, 6.45) is 0.743. The summed E-state index contributed by atoms with van der Waals surface area (Å²) in [5.41, 5.74) is 7.72. The van der Waals surface area contributed by atoms with Gasteiger partial charge in [-0.1, -0.05) is 12.1 Å². The van der Waals surface area contributed by atoms with Crippen LogP contribution in [-0.4, -0.2) is 24.2 Å². The van der Waals surface area contributed by atoms with Crippen LogP contribution in [0, 0.1) is 0 Å². The first-order valence-corrected chi connectivity index (χ1v) is 5.45. The van der Waals surface area contributed by atoms with Crippen molar-refractivity contribution in [3.8, 4) is 0 Å². The van der Waals surface area contributed by atoms with Gasteiger partial charge in [-0.3, -0.25) is 4.90 Å². The smallest absolute Gasteiger partial charge is 0.103 e. The topological polar surface area (TPSA) is 29.3 Å². The van der Waals surface area contributed by atoms with E-state index in [0.29, 0.717) is 12.8 Å². The third-order valence-electron chi connectivity index (χ3n) is 2.87. The molecule has 1 heterocycles. The van der Waals surface area contributed by atoms with Crippen LogP contribution in [0.25, 0.3) is 0 Å². The SMILES string of the molecule is Nc1cccc(CN2CCC(F)CC2)c1. The molecule has 1 aliphatic rings. The van der Waals surface area contributed by atoms with E-state index in [1.54, 1.807) is 0 Å². The maximum absolute atomic E-state index is 12.9. The van der Waals surface area contributed by atoms with Gasteiger partial charge < -0.3 is 5.73 Å². The highest BCUT2D eigenvalue weighted by Gasteiger charge is 2.17. The van der Waals surface area contributed by atoms with Crippen molar-refractivity contribution in [2.24, 2.45) is 0 Å². The molecule has 0 bridgehead atoms. The van der Waals surface area contributed by atoms with Gasteiger partial charge in [-0.15, -0.1) is 0 Å². The van der Waals surface area contributed by atoms with E-state index in [2.05, 4.69) is 11.0 Å². The summed E-state index contributed by atoms with van der Waals surface area (Å²) in [5, 5.41) is 0. The van der Waals surface area contributed by atoms with Crippen molar-refractivity contribution in [2.75, 3.05) is 18.8 Å². The molecule has 0 spiro atoms. The number of hydrogen-bond acceptors (Lipinski definition) is 2. The predicted octanol–water partition coefficient (Wildman–Crippen LogP) is 2.20. The minimum atomic E-state index is -0.595. The molecule has 0 unspecified atom stereocenters. The average molecular weight is 208 g/mol. The third kappa shape index (κ3) is 2.93. The van der Waals surface area contributed by atoms with Crippen LogP contribution in [0.5, 0.6) is 0 Å². The van der Waals surface area contributed by atoms with Crippen molar-refractivity contribution in [3.05, 3.63) is 29.8 Å². The summed E-state index contributed by atoms with van der Waals surface area (Å²) < 4.78 is 12.9. The molecule has 1 fully saturated rings. The molecule has 1 saturated heterocycles. The number of likely N-dealkylation sites (tertiary alicyclic amines) is 1. The summed E-state index contributed by atoms with van der Waals surface area (Å²) in [7, 11) is 0. The molecule has 82 valence electrons. The Bertz CT molecular complexity index is 319. The monoisotopic (exact) mass is 208 g/mol. The van der Waals surface area contributed by atoms with Gasteiger partial charge in [0.05, 0.1) is 0 Å². The van der Waals surface area contributed by atoms with Crippen molar-refractivity contribution in [2.45, 2.75) is 25.6 Å². The Balaban J connectivity index is 1.92. The summed E-state index contributed by atoms with van der Waals surface area (Å²) in [4.78, 5) is 2.28. The quantitative estimate of drug-likeness (QED) is 0.755. The summed E-state index contributed by atoms with van der Waals surface area (Å²) >= 11 is 0. The number of benzene rings is 1. The minimum Gasteiger partial charge on any atom is -0.399 e. The average Bonchev–Trinajstić information content (AvgIpc) is 2.22. The Morgan fingerprint density at radius 3 is 2.73 bits per heavy atom. The van der Waals surface area contributed by atoms with Crippen LogP contribution in [0.2, 0.25) is 0 Å². The van der Waals surface area contributed by atoms with Gasteiger partial charge in [-0.2, -0.15) is 0 Å². The molecule has 2 rings (SSSR count). The van der Waals surface area contributed by atoms with E-state index < -0.39 is 6.17 Å². The Morgan fingerprint density at radius 1 is 1.33 bits per heavy atom. The molecule has 2 N–H and O–H groups in total. The Labute approximate surface area is 89.9 Å². The Hall–Kier alpha value is -1.09. The number of anilines is 1. The molecule has 0 amide bonds.